The SMILES string of the molecule is CC(C)(C)Cc1cc(N)cc2ccccc12. The maximum Gasteiger partial charge on any atom is 0.0323 e. The fourth-order valence-corrected chi connectivity index (χ4v) is 2.13. The molecule has 1 nitrogen and oxygen atoms in total. The fourth-order valence-electron chi connectivity index (χ4n) is 2.13. The first kappa shape index (κ1) is 11.0. The molecule has 0 aliphatic carbocycles. The zero-order valence-corrected chi connectivity index (χ0v) is 10.2. The summed E-state index contributed by atoms with van der Waals surface area (Å²) in [4.78, 5) is 0. The summed E-state index contributed by atoms with van der Waals surface area (Å²) in [6.07, 6.45) is 1.05. The molecular weight excluding hydrogens is 194 g/mol. The number of rotatable bonds is 1. The number of anilines is 1. The van der Waals surface area contributed by atoms with Crippen molar-refractivity contribution in [3.8, 4) is 0 Å². The van der Waals surface area contributed by atoms with Crippen LogP contribution in [0.5, 0.6) is 0 Å². The molecule has 2 aromatic rings. The first-order valence-corrected chi connectivity index (χ1v) is 5.73. The topological polar surface area (TPSA) is 26.0 Å². The Balaban J connectivity index is 2.59. The van der Waals surface area contributed by atoms with E-state index in [0.29, 0.717) is 0 Å². The van der Waals surface area contributed by atoms with Crippen molar-refractivity contribution in [1.29, 1.82) is 0 Å². The molecule has 0 radical (unpaired) electrons. The third kappa shape index (κ3) is 2.35. The van der Waals surface area contributed by atoms with Crippen molar-refractivity contribution >= 4 is 16.5 Å². The molecule has 0 amide bonds. The van der Waals surface area contributed by atoms with Gasteiger partial charge in [0.1, 0.15) is 0 Å². The minimum absolute atomic E-state index is 0.288. The summed E-state index contributed by atoms with van der Waals surface area (Å²) in [5.74, 6) is 0. The van der Waals surface area contributed by atoms with Crippen LogP contribution in [-0.2, 0) is 6.42 Å². The lowest BCUT2D eigenvalue weighted by Gasteiger charge is -2.19. The van der Waals surface area contributed by atoms with Crippen LogP contribution in [0.1, 0.15) is 26.3 Å². The smallest absolute Gasteiger partial charge is 0.0323 e. The second kappa shape index (κ2) is 3.82. The fraction of sp³-hybridized carbons (Fsp3) is 0.333. The van der Waals surface area contributed by atoms with Gasteiger partial charge in [-0.25, -0.2) is 0 Å². The van der Waals surface area contributed by atoms with Gasteiger partial charge >= 0.3 is 0 Å². The highest BCUT2D eigenvalue weighted by molar-refractivity contribution is 5.88. The Hall–Kier alpha value is -1.50. The van der Waals surface area contributed by atoms with Crippen molar-refractivity contribution in [1.82, 2.24) is 0 Å². The van der Waals surface area contributed by atoms with Crippen LogP contribution < -0.4 is 5.73 Å². The number of nitrogens with two attached hydrogens (primary N) is 1. The van der Waals surface area contributed by atoms with E-state index in [2.05, 4.69) is 51.1 Å². The molecule has 0 aliphatic rings. The van der Waals surface area contributed by atoms with Crippen LogP contribution in [0, 0.1) is 5.41 Å². The van der Waals surface area contributed by atoms with E-state index >= 15 is 0 Å². The number of benzene rings is 2. The number of nitrogen functional groups attached to an aromatic ring is 1. The van der Waals surface area contributed by atoms with Gasteiger partial charge in [-0.2, -0.15) is 0 Å². The van der Waals surface area contributed by atoms with E-state index in [9.17, 15) is 0 Å². The average molecular weight is 213 g/mol. The van der Waals surface area contributed by atoms with Crippen molar-refractivity contribution in [2.45, 2.75) is 27.2 Å². The normalized spacial score (nSPS) is 11.9. The number of fused-ring (bicyclic) bond motifs is 1. The summed E-state index contributed by atoms with van der Waals surface area (Å²) in [5.41, 5.74) is 8.44. The largest absolute Gasteiger partial charge is 0.399 e. The molecular formula is C15H19N. The zero-order valence-electron chi connectivity index (χ0n) is 10.2. The lowest BCUT2D eigenvalue weighted by molar-refractivity contribution is 0.413. The predicted molar refractivity (Wildman–Crippen MR) is 71.5 cm³/mol. The van der Waals surface area contributed by atoms with Gasteiger partial charge in [0.05, 0.1) is 0 Å². The summed E-state index contributed by atoms with van der Waals surface area (Å²) in [6, 6.07) is 12.6. The third-order valence-electron chi connectivity index (χ3n) is 2.69. The molecule has 0 saturated carbocycles. The lowest BCUT2D eigenvalue weighted by Crippen LogP contribution is -2.09. The van der Waals surface area contributed by atoms with E-state index in [1.54, 1.807) is 0 Å². The molecule has 0 atom stereocenters. The van der Waals surface area contributed by atoms with Crippen LogP contribution in [0.2, 0.25) is 0 Å². The summed E-state index contributed by atoms with van der Waals surface area (Å²) in [5, 5.41) is 2.56. The summed E-state index contributed by atoms with van der Waals surface area (Å²) in [7, 11) is 0. The zero-order chi connectivity index (χ0) is 11.8. The Morgan fingerprint density at radius 3 is 2.44 bits per heavy atom. The van der Waals surface area contributed by atoms with Crippen LogP contribution in [0.15, 0.2) is 36.4 Å². The summed E-state index contributed by atoms with van der Waals surface area (Å²) < 4.78 is 0. The maximum absolute atomic E-state index is 5.94. The second-order valence-electron chi connectivity index (χ2n) is 5.64. The van der Waals surface area contributed by atoms with Gasteiger partial charge in [0.15, 0.2) is 0 Å². The molecule has 0 saturated heterocycles. The first-order valence-electron chi connectivity index (χ1n) is 5.73. The van der Waals surface area contributed by atoms with Crippen molar-refractivity contribution in [3.63, 3.8) is 0 Å². The molecule has 0 aromatic heterocycles. The molecule has 2 rings (SSSR count). The summed E-state index contributed by atoms with van der Waals surface area (Å²) >= 11 is 0. The molecule has 0 aliphatic heterocycles. The van der Waals surface area contributed by atoms with Gasteiger partial charge in [0, 0.05) is 5.69 Å². The average Bonchev–Trinajstić information content (AvgIpc) is 2.14. The van der Waals surface area contributed by atoms with E-state index in [1.807, 2.05) is 6.07 Å². The quantitative estimate of drug-likeness (QED) is 0.712. The molecule has 0 unspecified atom stereocenters. The Labute approximate surface area is 97.3 Å². The van der Waals surface area contributed by atoms with Crippen LogP contribution in [0.4, 0.5) is 5.69 Å². The van der Waals surface area contributed by atoms with Crippen LogP contribution in [-0.4, -0.2) is 0 Å². The molecule has 0 heterocycles. The van der Waals surface area contributed by atoms with Gasteiger partial charge in [-0.3, -0.25) is 0 Å². The first-order chi connectivity index (χ1) is 7.46. The molecule has 0 spiro atoms. The van der Waals surface area contributed by atoms with Crippen molar-refractivity contribution in [2.75, 3.05) is 5.73 Å². The minimum Gasteiger partial charge on any atom is -0.399 e. The van der Waals surface area contributed by atoms with E-state index in [-0.39, 0.29) is 5.41 Å². The van der Waals surface area contributed by atoms with Gasteiger partial charge in [-0.15, -0.1) is 0 Å². The van der Waals surface area contributed by atoms with Crippen molar-refractivity contribution in [2.24, 2.45) is 5.41 Å². The van der Waals surface area contributed by atoms with E-state index < -0.39 is 0 Å². The number of hydrogen-bond donors (Lipinski definition) is 1. The minimum atomic E-state index is 0.288. The van der Waals surface area contributed by atoms with Gasteiger partial charge < -0.3 is 5.73 Å². The monoisotopic (exact) mass is 213 g/mol. The van der Waals surface area contributed by atoms with Crippen molar-refractivity contribution in [3.05, 3.63) is 42.0 Å². The molecule has 1 heteroatoms. The lowest BCUT2D eigenvalue weighted by atomic mass is 9.86. The molecule has 2 aromatic carbocycles. The highest BCUT2D eigenvalue weighted by Crippen LogP contribution is 2.28. The highest BCUT2D eigenvalue weighted by atomic mass is 14.5. The van der Waals surface area contributed by atoms with E-state index in [4.69, 9.17) is 5.73 Å². The van der Waals surface area contributed by atoms with Gasteiger partial charge in [-0.1, -0.05) is 45.0 Å². The van der Waals surface area contributed by atoms with E-state index in [1.165, 1.54) is 16.3 Å². The Bertz CT molecular complexity index is 506. The molecule has 0 bridgehead atoms. The van der Waals surface area contributed by atoms with E-state index in [0.717, 1.165) is 12.1 Å². The van der Waals surface area contributed by atoms with Crippen molar-refractivity contribution < 1.29 is 0 Å². The van der Waals surface area contributed by atoms with Crippen LogP contribution >= 0.6 is 0 Å². The molecule has 2 N–H and O–H groups in total. The third-order valence-corrected chi connectivity index (χ3v) is 2.69. The molecule has 0 fully saturated rings. The Kier molecular flexibility index (Phi) is 2.63. The predicted octanol–water partition coefficient (Wildman–Crippen LogP) is 4.01. The highest BCUT2D eigenvalue weighted by Gasteiger charge is 2.13. The van der Waals surface area contributed by atoms with Crippen LogP contribution in [0.3, 0.4) is 0 Å². The van der Waals surface area contributed by atoms with Gasteiger partial charge in [0.2, 0.25) is 0 Å². The summed E-state index contributed by atoms with van der Waals surface area (Å²) in [6.45, 7) is 6.76. The maximum atomic E-state index is 5.94. The standard InChI is InChI=1S/C15H19N/c1-15(2,3)10-12-9-13(16)8-11-6-4-5-7-14(11)12/h4-9H,10,16H2,1-3H3. The Morgan fingerprint density at radius 1 is 1.06 bits per heavy atom. The van der Waals surface area contributed by atoms with Gasteiger partial charge in [0.25, 0.3) is 0 Å². The number of hydrogen-bond acceptors (Lipinski definition) is 1. The molecule has 84 valence electrons. The van der Waals surface area contributed by atoms with Gasteiger partial charge in [-0.05, 0) is 40.3 Å². The second-order valence-corrected chi connectivity index (χ2v) is 5.64. The Morgan fingerprint density at radius 2 is 1.75 bits per heavy atom. The molecule has 16 heavy (non-hydrogen) atoms. The van der Waals surface area contributed by atoms with Crippen LogP contribution in [0.25, 0.3) is 10.8 Å².